The molecule has 1 heterocycles. The van der Waals surface area contributed by atoms with Crippen LogP contribution in [0.5, 0.6) is 0 Å². The molecule has 2 nitrogen and oxygen atoms in total. The van der Waals surface area contributed by atoms with Crippen LogP contribution in [0.15, 0.2) is 17.5 Å². The highest BCUT2D eigenvalue weighted by atomic mass is 32.1. The Balaban J connectivity index is 2.25. The summed E-state index contributed by atoms with van der Waals surface area (Å²) in [6.07, 6.45) is 0. The Bertz CT molecular complexity index is 196. The summed E-state index contributed by atoms with van der Waals surface area (Å²) >= 11 is 1.75. The van der Waals surface area contributed by atoms with Gasteiger partial charge in [0.05, 0.1) is 19.8 Å². The van der Waals surface area contributed by atoms with Gasteiger partial charge in [0.25, 0.3) is 0 Å². The Morgan fingerprint density at radius 3 is 3.08 bits per heavy atom. The van der Waals surface area contributed by atoms with Gasteiger partial charge >= 0.3 is 0 Å². The van der Waals surface area contributed by atoms with Crippen molar-refractivity contribution in [3.63, 3.8) is 0 Å². The number of aliphatic hydroxyl groups excluding tert-OH is 1. The summed E-state index contributed by atoms with van der Waals surface area (Å²) in [5.41, 5.74) is 0. The van der Waals surface area contributed by atoms with Gasteiger partial charge in [-0.3, -0.25) is 0 Å². The van der Waals surface area contributed by atoms with Gasteiger partial charge in [-0.15, -0.1) is 11.3 Å². The van der Waals surface area contributed by atoms with E-state index in [2.05, 4.69) is 18.4 Å². The molecule has 0 aromatic carbocycles. The highest BCUT2D eigenvalue weighted by molar-refractivity contribution is 7.10. The van der Waals surface area contributed by atoms with Crippen LogP contribution in [0.2, 0.25) is 0 Å². The van der Waals surface area contributed by atoms with Gasteiger partial charge in [0, 0.05) is 10.8 Å². The van der Waals surface area contributed by atoms with Crippen molar-refractivity contribution in [2.45, 2.75) is 12.8 Å². The van der Waals surface area contributed by atoms with E-state index in [1.807, 2.05) is 6.07 Å². The van der Waals surface area contributed by atoms with Crippen LogP contribution in [-0.2, 0) is 4.74 Å². The second-order valence-corrected chi connectivity index (χ2v) is 3.69. The van der Waals surface area contributed by atoms with E-state index in [0.29, 0.717) is 19.1 Å². The molecule has 0 fully saturated rings. The van der Waals surface area contributed by atoms with Gasteiger partial charge in [-0.2, -0.15) is 0 Å². The van der Waals surface area contributed by atoms with Crippen molar-refractivity contribution in [2.75, 3.05) is 19.8 Å². The van der Waals surface area contributed by atoms with Crippen molar-refractivity contribution in [3.05, 3.63) is 22.4 Å². The van der Waals surface area contributed by atoms with Gasteiger partial charge in [-0.25, -0.2) is 0 Å². The van der Waals surface area contributed by atoms with Crippen LogP contribution in [0.4, 0.5) is 0 Å². The molecule has 0 spiro atoms. The van der Waals surface area contributed by atoms with Crippen molar-refractivity contribution in [3.8, 4) is 0 Å². The summed E-state index contributed by atoms with van der Waals surface area (Å²) in [6, 6.07) is 4.15. The van der Waals surface area contributed by atoms with E-state index in [-0.39, 0.29) is 6.61 Å². The molecule has 1 aromatic heterocycles. The van der Waals surface area contributed by atoms with Crippen LogP contribution >= 0.6 is 11.3 Å². The first-order chi connectivity index (χ1) is 5.84. The maximum Gasteiger partial charge on any atom is 0.0698 e. The van der Waals surface area contributed by atoms with Gasteiger partial charge in [0.1, 0.15) is 0 Å². The molecular formula is C9H14O2S. The molecule has 0 bridgehead atoms. The van der Waals surface area contributed by atoms with E-state index < -0.39 is 0 Å². The number of hydrogen-bond acceptors (Lipinski definition) is 3. The summed E-state index contributed by atoms with van der Waals surface area (Å²) in [5.74, 6) is 0.441. The molecule has 0 radical (unpaired) electrons. The van der Waals surface area contributed by atoms with Crippen LogP contribution in [-0.4, -0.2) is 24.9 Å². The summed E-state index contributed by atoms with van der Waals surface area (Å²) in [5, 5.41) is 10.6. The molecule has 3 heteroatoms. The molecule has 0 saturated carbocycles. The summed E-state index contributed by atoms with van der Waals surface area (Å²) in [4.78, 5) is 1.34. The lowest BCUT2D eigenvalue weighted by molar-refractivity contribution is 0.0854. The smallest absolute Gasteiger partial charge is 0.0698 e. The molecule has 1 aromatic rings. The van der Waals surface area contributed by atoms with Crippen LogP contribution < -0.4 is 0 Å². The third-order valence-corrected chi connectivity index (χ3v) is 2.74. The van der Waals surface area contributed by atoms with Gasteiger partial charge in [-0.05, 0) is 11.4 Å². The van der Waals surface area contributed by atoms with Gasteiger partial charge in [0.2, 0.25) is 0 Å². The minimum atomic E-state index is 0.108. The van der Waals surface area contributed by atoms with Crippen LogP contribution in [0.3, 0.4) is 0 Å². The molecule has 1 N–H and O–H groups in total. The Labute approximate surface area is 76.8 Å². The molecule has 1 rings (SSSR count). The molecule has 0 aliphatic heterocycles. The van der Waals surface area contributed by atoms with Gasteiger partial charge < -0.3 is 9.84 Å². The number of hydrogen-bond donors (Lipinski definition) is 1. The molecule has 12 heavy (non-hydrogen) atoms. The summed E-state index contributed by atoms with van der Waals surface area (Å²) < 4.78 is 5.23. The van der Waals surface area contributed by atoms with Crippen molar-refractivity contribution >= 4 is 11.3 Å². The van der Waals surface area contributed by atoms with Crippen molar-refractivity contribution in [2.24, 2.45) is 0 Å². The number of ether oxygens (including phenoxy) is 1. The largest absolute Gasteiger partial charge is 0.394 e. The highest BCUT2D eigenvalue weighted by Crippen LogP contribution is 2.20. The second kappa shape index (κ2) is 5.30. The second-order valence-electron chi connectivity index (χ2n) is 2.71. The zero-order valence-electron chi connectivity index (χ0n) is 7.19. The Hall–Kier alpha value is -0.380. The van der Waals surface area contributed by atoms with Crippen LogP contribution in [0.1, 0.15) is 17.7 Å². The van der Waals surface area contributed by atoms with Crippen LogP contribution in [0, 0.1) is 0 Å². The standard InChI is InChI=1S/C9H14O2S/c1-8(7-11-5-4-10)9-3-2-6-12-9/h2-3,6,8,10H,4-5,7H2,1H3. The zero-order valence-corrected chi connectivity index (χ0v) is 8.01. The predicted molar refractivity (Wildman–Crippen MR) is 50.6 cm³/mol. The van der Waals surface area contributed by atoms with Crippen molar-refractivity contribution in [1.82, 2.24) is 0 Å². The lowest BCUT2D eigenvalue weighted by Gasteiger charge is -2.08. The Morgan fingerprint density at radius 1 is 1.67 bits per heavy atom. The molecule has 0 amide bonds. The first-order valence-corrected chi connectivity index (χ1v) is 4.94. The normalized spacial score (nSPS) is 13.2. The molecule has 1 atom stereocenters. The third kappa shape index (κ3) is 2.93. The van der Waals surface area contributed by atoms with E-state index in [0.717, 1.165) is 0 Å². The van der Waals surface area contributed by atoms with E-state index in [1.54, 1.807) is 11.3 Å². The van der Waals surface area contributed by atoms with Crippen molar-refractivity contribution in [1.29, 1.82) is 0 Å². The molecule has 1 unspecified atom stereocenters. The third-order valence-electron chi connectivity index (χ3n) is 1.63. The zero-order chi connectivity index (χ0) is 8.81. The summed E-state index contributed by atoms with van der Waals surface area (Å²) in [6.45, 7) is 3.37. The minimum Gasteiger partial charge on any atom is -0.394 e. The Morgan fingerprint density at radius 2 is 2.50 bits per heavy atom. The lowest BCUT2D eigenvalue weighted by atomic mass is 10.1. The lowest BCUT2D eigenvalue weighted by Crippen LogP contribution is -2.06. The fraction of sp³-hybridized carbons (Fsp3) is 0.556. The van der Waals surface area contributed by atoms with Crippen LogP contribution in [0.25, 0.3) is 0 Å². The number of aliphatic hydroxyl groups is 1. The van der Waals surface area contributed by atoms with E-state index >= 15 is 0 Å². The number of rotatable bonds is 5. The quantitative estimate of drug-likeness (QED) is 0.711. The van der Waals surface area contributed by atoms with E-state index in [1.165, 1.54) is 4.88 Å². The van der Waals surface area contributed by atoms with Crippen molar-refractivity contribution < 1.29 is 9.84 Å². The fourth-order valence-corrected chi connectivity index (χ4v) is 1.75. The fourth-order valence-electron chi connectivity index (χ4n) is 0.978. The Kier molecular flexibility index (Phi) is 4.29. The first-order valence-electron chi connectivity index (χ1n) is 4.06. The minimum absolute atomic E-state index is 0.108. The predicted octanol–water partition coefficient (Wildman–Crippen LogP) is 1.86. The monoisotopic (exact) mass is 186 g/mol. The molecule has 68 valence electrons. The molecular weight excluding hydrogens is 172 g/mol. The molecule has 0 aliphatic rings. The first kappa shape index (κ1) is 9.71. The van der Waals surface area contributed by atoms with E-state index in [9.17, 15) is 0 Å². The van der Waals surface area contributed by atoms with Gasteiger partial charge in [-0.1, -0.05) is 13.0 Å². The topological polar surface area (TPSA) is 29.5 Å². The number of thiophene rings is 1. The summed E-state index contributed by atoms with van der Waals surface area (Å²) in [7, 11) is 0. The van der Waals surface area contributed by atoms with Gasteiger partial charge in [0.15, 0.2) is 0 Å². The maximum atomic E-state index is 8.49. The molecule has 0 saturated heterocycles. The highest BCUT2D eigenvalue weighted by Gasteiger charge is 2.05. The maximum absolute atomic E-state index is 8.49. The average molecular weight is 186 g/mol. The average Bonchev–Trinajstić information content (AvgIpc) is 2.56. The SMILES string of the molecule is CC(COCCO)c1cccs1. The van der Waals surface area contributed by atoms with E-state index in [4.69, 9.17) is 9.84 Å². The molecule has 0 aliphatic carbocycles.